The number of aryl methyl sites for hydroxylation is 1. The molecule has 0 atom stereocenters. The predicted octanol–water partition coefficient (Wildman–Crippen LogP) is 5.62. The monoisotopic (exact) mass is 456 g/mol. The van der Waals surface area contributed by atoms with Gasteiger partial charge in [0, 0.05) is 5.56 Å². The molecule has 0 aliphatic heterocycles. The molecule has 0 aliphatic rings. The third-order valence-electron chi connectivity index (χ3n) is 5.04. The molecular weight excluding hydrogens is 432 g/mol. The standard InChI is InChI=1S/C27H24N2O5/c1-19-25(28-27(34-19)22-10-6-3-7-11-22)18-32-23-14-12-20(13-15-23)17-33-29-24(16-26(30)31)21-8-4-2-5-9-21/h2-15H,16-18H2,1H3,(H,30,31). The van der Waals surface area contributed by atoms with Crippen molar-refractivity contribution in [2.75, 3.05) is 0 Å². The largest absolute Gasteiger partial charge is 0.487 e. The lowest BCUT2D eigenvalue weighted by molar-refractivity contribution is -0.135. The number of oxazole rings is 1. The molecule has 0 radical (unpaired) electrons. The smallest absolute Gasteiger partial charge is 0.309 e. The van der Waals surface area contributed by atoms with E-state index in [1.807, 2.05) is 79.7 Å². The van der Waals surface area contributed by atoms with Crippen LogP contribution in [0.4, 0.5) is 0 Å². The lowest BCUT2D eigenvalue weighted by Crippen LogP contribution is -2.09. The van der Waals surface area contributed by atoms with Crippen LogP contribution in [-0.4, -0.2) is 21.8 Å². The molecule has 0 bridgehead atoms. The Morgan fingerprint density at radius 1 is 0.941 bits per heavy atom. The van der Waals surface area contributed by atoms with Crippen molar-refractivity contribution in [3.05, 3.63) is 108 Å². The van der Waals surface area contributed by atoms with Crippen molar-refractivity contribution in [3.63, 3.8) is 0 Å². The molecule has 7 nitrogen and oxygen atoms in total. The van der Waals surface area contributed by atoms with Crippen LogP contribution in [0.2, 0.25) is 0 Å². The third-order valence-corrected chi connectivity index (χ3v) is 5.04. The second kappa shape index (κ2) is 11.0. The van der Waals surface area contributed by atoms with Gasteiger partial charge in [-0.1, -0.05) is 65.8 Å². The summed E-state index contributed by atoms with van der Waals surface area (Å²) in [5.74, 6) is 1.01. The average molecular weight is 456 g/mol. The SMILES string of the molecule is Cc1oc(-c2ccccc2)nc1COc1ccc(CON=C(CC(=O)O)c2ccccc2)cc1. The van der Waals surface area contributed by atoms with E-state index < -0.39 is 5.97 Å². The molecule has 4 rings (SSSR count). The molecule has 34 heavy (non-hydrogen) atoms. The van der Waals surface area contributed by atoms with E-state index in [-0.39, 0.29) is 19.6 Å². The van der Waals surface area contributed by atoms with Crippen LogP contribution in [0.5, 0.6) is 5.75 Å². The maximum absolute atomic E-state index is 11.2. The molecule has 0 amide bonds. The molecule has 0 saturated heterocycles. The van der Waals surface area contributed by atoms with Gasteiger partial charge in [-0.15, -0.1) is 0 Å². The highest BCUT2D eigenvalue weighted by Crippen LogP contribution is 2.23. The van der Waals surface area contributed by atoms with Gasteiger partial charge >= 0.3 is 5.97 Å². The molecule has 7 heteroatoms. The van der Waals surface area contributed by atoms with E-state index in [1.165, 1.54) is 0 Å². The van der Waals surface area contributed by atoms with Crippen LogP contribution in [0.1, 0.15) is 29.0 Å². The fraction of sp³-hybridized carbons (Fsp3) is 0.148. The first-order valence-corrected chi connectivity index (χ1v) is 10.8. The van der Waals surface area contributed by atoms with Gasteiger partial charge in [-0.2, -0.15) is 0 Å². The molecule has 3 aromatic carbocycles. The number of aliphatic carboxylic acids is 1. The van der Waals surface area contributed by atoms with Gasteiger partial charge in [0.1, 0.15) is 30.4 Å². The van der Waals surface area contributed by atoms with Crippen LogP contribution in [-0.2, 0) is 22.8 Å². The van der Waals surface area contributed by atoms with Crippen LogP contribution < -0.4 is 4.74 Å². The number of hydrogen-bond donors (Lipinski definition) is 1. The van der Waals surface area contributed by atoms with Crippen molar-refractivity contribution in [1.82, 2.24) is 4.98 Å². The summed E-state index contributed by atoms with van der Waals surface area (Å²) in [4.78, 5) is 21.1. The zero-order chi connectivity index (χ0) is 23.8. The third kappa shape index (κ3) is 6.10. The van der Waals surface area contributed by atoms with Gasteiger partial charge in [0.25, 0.3) is 0 Å². The van der Waals surface area contributed by atoms with Crippen molar-refractivity contribution in [1.29, 1.82) is 0 Å². The van der Waals surface area contributed by atoms with Gasteiger partial charge in [-0.3, -0.25) is 4.79 Å². The quantitative estimate of drug-likeness (QED) is 0.246. The van der Waals surface area contributed by atoms with Crippen molar-refractivity contribution >= 4 is 11.7 Å². The highest BCUT2D eigenvalue weighted by atomic mass is 16.6. The van der Waals surface area contributed by atoms with Gasteiger partial charge in [0.2, 0.25) is 5.89 Å². The number of nitrogens with zero attached hydrogens (tertiary/aromatic N) is 2. The number of aromatic nitrogens is 1. The van der Waals surface area contributed by atoms with Gasteiger partial charge < -0.3 is 19.1 Å². The summed E-state index contributed by atoms with van der Waals surface area (Å²) >= 11 is 0. The first-order valence-electron chi connectivity index (χ1n) is 10.8. The van der Waals surface area contributed by atoms with Crippen molar-refractivity contribution < 1.29 is 23.9 Å². The van der Waals surface area contributed by atoms with E-state index >= 15 is 0 Å². The van der Waals surface area contributed by atoms with Crippen LogP contribution in [0, 0.1) is 6.92 Å². The molecular formula is C27H24N2O5. The topological polar surface area (TPSA) is 94.2 Å². The highest BCUT2D eigenvalue weighted by Gasteiger charge is 2.12. The van der Waals surface area contributed by atoms with Crippen LogP contribution in [0.15, 0.2) is 94.5 Å². The van der Waals surface area contributed by atoms with Gasteiger partial charge in [0.05, 0.1) is 12.1 Å². The number of ether oxygens (including phenoxy) is 1. The van der Waals surface area contributed by atoms with Crippen molar-refractivity contribution in [2.24, 2.45) is 5.16 Å². The lowest BCUT2D eigenvalue weighted by atomic mass is 10.1. The van der Waals surface area contributed by atoms with E-state index in [1.54, 1.807) is 12.1 Å². The van der Waals surface area contributed by atoms with Gasteiger partial charge in [-0.25, -0.2) is 4.98 Å². The minimum absolute atomic E-state index is 0.207. The molecule has 0 fully saturated rings. The summed E-state index contributed by atoms with van der Waals surface area (Å²) in [5.41, 5.74) is 3.62. The average Bonchev–Trinajstić information content (AvgIpc) is 3.24. The molecule has 0 aliphatic carbocycles. The van der Waals surface area contributed by atoms with E-state index in [0.717, 1.165) is 22.6 Å². The number of hydrogen-bond acceptors (Lipinski definition) is 6. The zero-order valence-electron chi connectivity index (χ0n) is 18.7. The Balaban J connectivity index is 1.33. The Bertz CT molecular complexity index is 1250. The summed E-state index contributed by atoms with van der Waals surface area (Å²) < 4.78 is 11.6. The summed E-state index contributed by atoms with van der Waals surface area (Å²) in [6.07, 6.45) is -0.218. The van der Waals surface area contributed by atoms with E-state index in [2.05, 4.69) is 10.1 Å². The molecule has 0 unspecified atom stereocenters. The van der Waals surface area contributed by atoms with Crippen LogP contribution >= 0.6 is 0 Å². The van der Waals surface area contributed by atoms with Crippen LogP contribution in [0.3, 0.4) is 0 Å². The first-order chi connectivity index (χ1) is 16.6. The minimum atomic E-state index is -0.967. The summed E-state index contributed by atoms with van der Waals surface area (Å²) in [6.45, 7) is 2.37. The molecule has 1 N–H and O–H groups in total. The number of rotatable bonds is 10. The second-order valence-electron chi connectivity index (χ2n) is 7.57. The predicted molar refractivity (Wildman–Crippen MR) is 127 cm³/mol. The summed E-state index contributed by atoms with van der Waals surface area (Å²) in [5, 5.41) is 13.2. The molecule has 4 aromatic rings. The second-order valence-corrected chi connectivity index (χ2v) is 7.57. The molecule has 1 heterocycles. The Morgan fingerprint density at radius 3 is 2.29 bits per heavy atom. The first kappa shape index (κ1) is 22.8. The minimum Gasteiger partial charge on any atom is -0.487 e. The van der Waals surface area contributed by atoms with Crippen molar-refractivity contribution in [3.8, 4) is 17.2 Å². The Labute approximate surface area is 197 Å². The van der Waals surface area contributed by atoms with Crippen LogP contribution in [0.25, 0.3) is 11.5 Å². The molecule has 1 aromatic heterocycles. The molecule has 0 saturated carbocycles. The van der Waals surface area contributed by atoms with Gasteiger partial charge in [-0.05, 0) is 42.3 Å². The number of carboxylic acids is 1. The number of benzene rings is 3. The fourth-order valence-electron chi connectivity index (χ4n) is 3.25. The maximum Gasteiger partial charge on any atom is 0.309 e. The molecule has 0 spiro atoms. The maximum atomic E-state index is 11.2. The summed E-state index contributed by atoms with van der Waals surface area (Å²) in [6, 6.07) is 26.3. The van der Waals surface area contributed by atoms with E-state index in [9.17, 15) is 4.79 Å². The lowest BCUT2D eigenvalue weighted by Gasteiger charge is -2.07. The summed E-state index contributed by atoms with van der Waals surface area (Å²) in [7, 11) is 0. The Kier molecular flexibility index (Phi) is 7.35. The number of oxime groups is 1. The normalized spacial score (nSPS) is 11.3. The zero-order valence-corrected chi connectivity index (χ0v) is 18.7. The number of carboxylic acid groups (broad SMARTS) is 1. The van der Waals surface area contributed by atoms with Gasteiger partial charge in [0.15, 0.2) is 0 Å². The number of carbonyl (C=O) groups is 1. The Hall–Kier alpha value is -4.39. The molecule has 172 valence electrons. The van der Waals surface area contributed by atoms with Crippen molar-refractivity contribution in [2.45, 2.75) is 26.6 Å². The fourth-order valence-corrected chi connectivity index (χ4v) is 3.25. The highest BCUT2D eigenvalue weighted by molar-refractivity contribution is 6.08. The van der Waals surface area contributed by atoms with E-state index in [0.29, 0.717) is 22.9 Å². The van der Waals surface area contributed by atoms with E-state index in [4.69, 9.17) is 19.1 Å². The Morgan fingerprint density at radius 2 is 1.62 bits per heavy atom.